The van der Waals surface area contributed by atoms with E-state index in [1.807, 2.05) is 13.8 Å². The van der Waals surface area contributed by atoms with Crippen molar-refractivity contribution >= 4 is 45.7 Å². The lowest BCUT2D eigenvalue weighted by Gasteiger charge is -2.31. The van der Waals surface area contributed by atoms with Crippen molar-refractivity contribution in [3.63, 3.8) is 0 Å². The largest absolute Gasteiger partial charge is 0.326 e. The molecule has 1 aliphatic heterocycles. The van der Waals surface area contributed by atoms with E-state index >= 15 is 0 Å². The number of urea groups is 1. The van der Waals surface area contributed by atoms with E-state index in [0.717, 1.165) is 0 Å². The molecule has 0 bridgehead atoms. The molecule has 142 valence electrons. The number of benzene rings is 1. The number of rotatable bonds is 5. The topological polar surface area (TPSA) is 103 Å². The third kappa shape index (κ3) is 4.62. The summed E-state index contributed by atoms with van der Waals surface area (Å²) in [7, 11) is 0. The third-order valence-electron chi connectivity index (χ3n) is 4.00. The molecule has 0 spiro atoms. The number of hydrogen-bond acceptors (Lipinski definition) is 5. The summed E-state index contributed by atoms with van der Waals surface area (Å²) in [5.41, 5.74) is 1.16. The Balaban J connectivity index is 1.76. The number of nitrogens with one attached hydrogen (secondary N) is 3. The highest BCUT2D eigenvalue weighted by atomic mass is 32.1. The molecule has 3 rings (SSSR count). The second-order valence-electron chi connectivity index (χ2n) is 6.61. The highest BCUT2D eigenvalue weighted by Crippen LogP contribution is 2.29. The Morgan fingerprint density at radius 1 is 1.33 bits per heavy atom. The maximum atomic E-state index is 12.8. The molecule has 1 atom stereocenters. The molecule has 1 aromatic carbocycles. The molecule has 9 heteroatoms. The van der Waals surface area contributed by atoms with Crippen LogP contribution in [0.1, 0.15) is 20.3 Å². The van der Waals surface area contributed by atoms with Gasteiger partial charge in [0.2, 0.25) is 11.8 Å². The molecule has 3 N–H and O–H groups in total. The Bertz CT molecular complexity index is 837. The average Bonchev–Trinajstić information content (AvgIpc) is 3.12. The van der Waals surface area contributed by atoms with Crippen molar-refractivity contribution in [2.75, 3.05) is 22.1 Å². The zero-order chi connectivity index (χ0) is 19.4. The molecule has 27 heavy (non-hydrogen) atoms. The van der Waals surface area contributed by atoms with Gasteiger partial charge in [-0.1, -0.05) is 26.0 Å². The number of anilines is 3. The average molecular weight is 387 g/mol. The Hall–Kier alpha value is -2.94. The van der Waals surface area contributed by atoms with Crippen LogP contribution in [-0.2, 0) is 9.59 Å². The van der Waals surface area contributed by atoms with Crippen molar-refractivity contribution in [1.29, 1.82) is 0 Å². The molecule has 8 nitrogen and oxygen atoms in total. The monoisotopic (exact) mass is 387 g/mol. The van der Waals surface area contributed by atoms with Gasteiger partial charge in [-0.05, 0) is 24.5 Å². The minimum absolute atomic E-state index is 0.106. The molecule has 0 radical (unpaired) electrons. The second-order valence-corrected chi connectivity index (χ2v) is 7.50. The molecule has 2 heterocycles. The fraction of sp³-hybridized carbons (Fsp3) is 0.333. The maximum Gasteiger partial charge on any atom is 0.323 e. The van der Waals surface area contributed by atoms with Crippen LogP contribution < -0.4 is 20.9 Å². The Morgan fingerprint density at radius 3 is 2.81 bits per heavy atom. The molecule has 1 aromatic heterocycles. The highest BCUT2D eigenvalue weighted by molar-refractivity contribution is 7.13. The van der Waals surface area contributed by atoms with E-state index < -0.39 is 12.1 Å². The molecular weight excluding hydrogens is 366 g/mol. The van der Waals surface area contributed by atoms with Crippen molar-refractivity contribution in [3.05, 3.63) is 35.8 Å². The summed E-state index contributed by atoms with van der Waals surface area (Å²) >= 11 is 1.31. The summed E-state index contributed by atoms with van der Waals surface area (Å²) in [6, 6.07) is 5.83. The summed E-state index contributed by atoms with van der Waals surface area (Å²) in [6.07, 6.45) is 2.06. The van der Waals surface area contributed by atoms with Gasteiger partial charge in [-0.3, -0.25) is 14.5 Å². The van der Waals surface area contributed by atoms with Gasteiger partial charge in [-0.25, -0.2) is 9.78 Å². The lowest BCUT2D eigenvalue weighted by Crippen LogP contribution is -2.53. The zero-order valence-corrected chi connectivity index (χ0v) is 15.9. The van der Waals surface area contributed by atoms with Crippen LogP contribution in [0.25, 0.3) is 0 Å². The maximum absolute atomic E-state index is 12.8. The normalized spacial score (nSPS) is 14.3. The van der Waals surface area contributed by atoms with Crippen LogP contribution in [0.15, 0.2) is 35.8 Å². The van der Waals surface area contributed by atoms with Crippen LogP contribution in [0.5, 0.6) is 0 Å². The first-order chi connectivity index (χ1) is 12.9. The molecule has 0 aliphatic carbocycles. The number of hydrogen-bond donors (Lipinski definition) is 3. The molecular formula is C18H21N5O3S. The number of aromatic nitrogens is 1. The van der Waals surface area contributed by atoms with Crippen molar-refractivity contribution < 1.29 is 14.4 Å². The fourth-order valence-corrected chi connectivity index (χ4v) is 3.35. The quantitative estimate of drug-likeness (QED) is 0.734. The van der Waals surface area contributed by atoms with Gasteiger partial charge >= 0.3 is 6.03 Å². The molecule has 0 fully saturated rings. The Labute approximate surface area is 161 Å². The summed E-state index contributed by atoms with van der Waals surface area (Å²) in [5, 5.41) is 10.5. The van der Waals surface area contributed by atoms with Gasteiger partial charge in [0.1, 0.15) is 12.6 Å². The fourth-order valence-electron chi connectivity index (χ4n) is 2.82. The number of carbonyl (C=O) groups is 3. The van der Waals surface area contributed by atoms with Crippen LogP contribution >= 0.6 is 11.3 Å². The number of fused-ring (bicyclic) bond motifs is 1. The molecule has 1 aliphatic rings. The van der Waals surface area contributed by atoms with Crippen LogP contribution in [0, 0.1) is 5.92 Å². The van der Waals surface area contributed by atoms with Crippen molar-refractivity contribution in [1.82, 2.24) is 10.3 Å². The predicted octanol–water partition coefficient (Wildman–Crippen LogP) is 2.66. The van der Waals surface area contributed by atoms with Crippen LogP contribution in [-0.4, -0.2) is 35.4 Å². The standard InChI is InChI=1S/C18H21N5O3S/c1-11(2)9-13(16(25)22-17-19-7-8-27-17)21-18(26)23-10-15(24)20-12-5-3-4-6-14(12)23/h3-8,11,13H,9-10H2,1-2H3,(H,20,24)(H,21,26)(H,19,22,25)/t13-/m0/s1. The molecule has 0 unspecified atom stereocenters. The van der Waals surface area contributed by atoms with E-state index in [0.29, 0.717) is 22.9 Å². The summed E-state index contributed by atoms with van der Waals surface area (Å²) in [4.78, 5) is 42.8. The van der Waals surface area contributed by atoms with E-state index in [4.69, 9.17) is 0 Å². The molecule has 4 amide bonds. The summed E-state index contributed by atoms with van der Waals surface area (Å²) in [5.74, 6) is -0.424. The Kier molecular flexibility index (Phi) is 5.70. The smallest absolute Gasteiger partial charge is 0.323 e. The second kappa shape index (κ2) is 8.17. The number of carbonyl (C=O) groups excluding carboxylic acids is 3. The number of thiazole rings is 1. The van der Waals surface area contributed by atoms with Gasteiger partial charge < -0.3 is 16.0 Å². The van der Waals surface area contributed by atoms with Gasteiger partial charge in [0, 0.05) is 11.6 Å². The van der Waals surface area contributed by atoms with Gasteiger partial charge in [0.25, 0.3) is 0 Å². The van der Waals surface area contributed by atoms with E-state index in [-0.39, 0.29) is 24.3 Å². The molecule has 0 saturated heterocycles. The summed E-state index contributed by atoms with van der Waals surface area (Å²) < 4.78 is 0. The number of amides is 4. The van der Waals surface area contributed by atoms with Crippen molar-refractivity contribution in [2.24, 2.45) is 5.92 Å². The number of para-hydroxylation sites is 2. The first-order valence-corrected chi connectivity index (χ1v) is 9.49. The number of nitrogens with zero attached hydrogens (tertiary/aromatic N) is 2. The van der Waals surface area contributed by atoms with Crippen molar-refractivity contribution in [2.45, 2.75) is 26.3 Å². The van der Waals surface area contributed by atoms with E-state index in [1.165, 1.54) is 16.2 Å². The molecule has 2 aromatic rings. The molecule has 0 saturated carbocycles. The third-order valence-corrected chi connectivity index (χ3v) is 4.69. The van der Waals surface area contributed by atoms with Crippen molar-refractivity contribution in [3.8, 4) is 0 Å². The predicted molar refractivity (Wildman–Crippen MR) is 105 cm³/mol. The Morgan fingerprint density at radius 2 is 2.11 bits per heavy atom. The lowest BCUT2D eigenvalue weighted by molar-refractivity contribution is -0.118. The van der Waals surface area contributed by atoms with E-state index in [9.17, 15) is 14.4 Å². The van der Waals surface area contributed by atoms with Crippen LogP contribution in [0.3, 0.4) is 0 Å². The van der Waals surface area contributed by atoms with E-state index in [1.54, 1.807) is 35.8 Å². The minimum atomic E-state index is -0.737. The van der Waals surface area contributed by atoms with Gasteiger partial charge in [-0.2, -0.15) is 0 Å². The zero-order valence-electron chi connectivity index (χ0n) is 15.1. The van der Waals surface area contributed by atoms with Gasteiger partial charge in [-0.15, -0.1) is 11.3 Å². The summed E-state index contributed by atoms with van der Waals surface area (Å²) in [6.45, 7) is 3.84. The first kappa shape index (κ1) is 18.8. The van der Waals surface area contributed by atoms with Gasteiger partial charge in [0.05, 0.1) is 11.4 Å². The van der Waals surface area contributed by atoms with E-state index in [2.05, 4.69) is 20.9 Å². The van der Waals surface area contributed by atoms with Crippen LogP contribution in [0.2, 0.25) is 0 Å². The SMILES string of the molecule is CC(C)C[C@H](NC(=O)N1CC(=O)Nc2ccccc21)C(=O)Nc1nccs1. The van der Waals surface area contributed by atoms with Gasteiger partial charge in [0.15, 0.2) is 5.13 Å². The minimum Gasteiger partial charge on any atom is -0.326 e. The lowest BCUT2D eigenvalue weighted by atomic mass is 10.0. The first-order valence-electron chi connectivity index (χ1n) is 8.61. The van der Waals surface area contributed by atoms with Crippen LogP contribution in [0.4, 0.5) is 21.3 Å². The highest BCUT2D eigenvalue weighted by Gasteiger charge is 2.30.